The van der Waals surface area contributed by atoms with E-state index in [4.69, 9.17) is 19.2 Å². The van der Waals surface area contributed by atoms with E-state index in [2.05, 4.69) is 0 Å². The highest BCUT2D eigenvalue weighted by atomic mass is 19.1. The third-order valence-electron chi connectivity index (χ3n) is 4.71. The first-order chi connectivity index (χ1) is 13.7. The first-order valence-corrected chi connectivity index (χ1v) is 9.66. The molecule has 0 fully saturated rings. The Bertz CT molecular complexity index is 746. The minimum atomic E-state index is -0.502. The molecule has 0 saturated heterocycles. The van der Waals surface area contributed by atoms with Gasteiger partial charge in [-0.1, -0.05) is 12.1 Å². The van der Waals surface area contributed by atoms with E-state index in [-0.39, 0.29) is 30.8 Å². The minimum Gasteiger partial charge on any atom is -0.504 e. The number of carbonyl (C=O) groups excluding carboxylic acids is 1. The number of rotatable bonds is 10. The van der Waals surface area contributed by atoms with Gasteiger partial charge < -0.3 is 19.3 Å². The van der Waals surface area contributed by atoms with Crippen molar-refractivity contribution in [2.24, 2.45) is 4.99 Å². The van der Waals surface area contributed by atoms with Gasteiger partial charge in [-0.15, -0.1) is 0 Å². The monoisotopic (exact) mass is 391 g/mol. The number of aromatic hydroxyl groups is 1. The molecule has 0 aromatic heterocycles. The molecule has 3 rings (SSSR count). The van der Waals surface area contributed by atoms with Crippen molar-refractivity contribution in [1.82, 2.24) is 0 Å². The van der Waals surface area contributed by atoms with Crippen LogP contribution in [0, 0.1) is 0 Å². The Morgan fingerprint density at radius 3 is 2.71 bits per heavy atom. The predicted octanol–water partition coefficient (Wildman–Crippen LogP) is 3.34. The maximum atomic E-state index is 12.4. The molecule has 0 saturated carbocycles. The largest absolute Gasteiger partial charge is 0.504 e. The summed E-state index contributed by atoms with van der Waals surface area (Å²) in [6.45, 7) is 0.881. The predicted molar refractivity (Wildman–Crippen MR) is 103 cm³/mol. The second kappa shape index (κ2) is 10.3. The number of phenolic OH excluding ortho intramolecular Hbond substituents is 1. The Morgan fingerprint density at radius 1 is 1.14 bits per heavy atom. The lowest BCUT2D eigenvalue weighted by atomic mass is 9.86. The van der Waals surface area contributed by atoms with Gasteiger partial charge in [-0.3, -0.25) is 9.79 Å². The fourth-order valence-electron chi connectivity index (χ4n) is 3.34. The maximum absolute atomic E-state index is 12.4. The number of fused-ring (bicyclic) bond motifs is 1. The number of alkyl halides is 1. The zero-order valence-corrected chi connectivity index (χ0v) is 15.9. The average Bonchev–Trinajstić information content (AvgIpc) is 2.71. The van der Waals surface area contributed by atoms with E-state index >= 15 is 0 Å². The number of ketones is 1. The summed E-state index contributed by atoms with van der Waals surface area (Å²) in [5, 5.41) is 10.3. The van der Waals surface area contributed by atoms with Crippen molar-refractivity contribution in [3.8, 4) is 11.5 Å². The van der Waals surface area contributed by atoms with Gasteiger partial charge in [0.1, 0.15) is 13.3 Å². The van der Waals surface area contributed by atoms with Crippen molar-refractivity contribution in [3.63, 3.8) is 0 Å². The number of aliphatic imine (C=N–C) groups is 1. The molecule has 0 amide bonds. The molecular weight excluding hydrogens is 365 g/mol. The summed E-state index contributed by atoms with van der Waals surface area (Å²) in [4.78, 5) is 17.1. The number of nitrogens with zero attached hydrogens (tertiary/aromatic N) is 1. The van der Waals surface area contributed by atoms with E-state index < -0.39 is 6.67 Å². The summed E-state index contributed by atoms with van der Waals surface area (Å²) in [5.41, 5.74) is 2.47. The summed E-state index contributed by atoms with van der Waals surface area (Å²) >= 11 is 0. The molecule has 2 aliphatic rings. The van der Waals surface area contributed by atoms with Crippen LogP contribution in [0.1, 0.15) is 37.3 Å². The van der Waals surface area contributed by atoms with Crippen LogP contribution in [0.4, 0.5) is 4.39 Å². The first-order valence-electron chi connectivity index (χ1n) is 9.66. The molecule has 28 heavy (non-hydrogen) atoms. The Morgan fingerprint density at radius 2 is 1.93 bits per heavy atom. The highest BCUT2D eigenvalue weighted by Crippen LogP contribution is 2.36. The van der Waals surface area contributed by atoms with Gasteiger partial charge in [-0.25, -0.2) is 4.39 Å². The smallest absolute Gasteiger partial charge is 0.166 e. The van der Waals surface area contributed by atoms with Crippen molar-refractivity contribution in [3.05, 3.63) is 35.4 Å². The second-order valence-electron chi connectivity index (χ2n) is 6.72. The average molecular weight is 391 g/mol. The van der Waals surface area contributed by atoms with Gasteiger partial charge in [0.15, 0.2) is 17.3 Å². The highest BCUT2D eigenvalue weighted by molar-refractivity contribution is 6.24. The van der Waals surface area contributed by atoms with Crippen molar-refractivity contribution in [2.45, 2.75) is 31.7 Å². The third-order valence-corrected chi connectivity index (χ3v) is 4.71. The highest BCUT2D eigenvalue weighted by Gasteiger charge is 2.28. The number of allylic oxidation sites excluding steroid dienone is 2. The van der Waals surface area contributed by atoms with E-state index in [0.717, 1.165) is 36.1 Å². The number of hydrogen-bond acceptors (Lipinski definition) is 6. The van der Waals surface area contributed by atoms with Gasteiger partial charge in [-0.2, -0.15) is 0 Å². The topological polar surface area (TPSA) is 77.4 Å². The molecule has 0 bridgehead atoms. The van der Waals surface area contributed by atoms with Crippen LogP contribution < -0.4 is 4.74 Å². The molecule has 1 aliphatic heterocycles. The van der Waals surface area contributed by atoms with E-state index in [1.807, 2.05) is 12.1 Å². The third kappa shape index (κ3) is 5.39. The van der Waals surface area contributed by atoms with Crippen LogP contribution in [0.15, 0.2) is 34.8 Å². The molecule has 0 spiro atoms. The Balaban J connectivity index is 1.51. The number of carbonyl (C=O) groups is 1. The van der Waals surface area contributed by atoms with E-state index in [0.29, 0.717) is 32.0 Å². The van der Waals surface area contributed by atoms with Crippen LogP contribution in [0.3, 0.4) is 0 Å². The number of benzene rings is 1. The molecule has 1 unspecified atom stereocenters. The van der Waals surface area contributed by atoms with Gasteiger partial charge in [-0.05, 0) is 37.0 Å². The summed E-state index contributed by atoms with van der Waals surface area (Å²) in [5.74, 6) is 0.498. The van der Waals surface area contributed by atoms with Gasteiger partial charge in [0.2, 0.25) is 0 Å². The van der Waals surface area contributed by atoms with Crippen LogP contribution in [0.2, 0.25) is 0 Å². The van der Waals surface area contributed by atoms with Crippen LogP contribution in [-0.4, -0.2) is 56.3 Å². The lowest BCUT2D eigenvalue weighted by Gasteiger charge is -2.25. The lowest BCUT2D eigenvalue weighted by molar-refractivity contribution is -0.115. The SMILES string of the molecule is O=C1CC(c2ccc(OCCOCCOCCF)c(O)c2)N=C2CCCC=C12. The lowest BCUT2D eigenvalue weighted by Crippen LogP contribution is -2.24. The van der Waals surface area contributed by atoms with Gasteiger partial charge >= 0.3 is 0 Å². The first kappa shape index (κ1) is 20.5. The van der Waals surface area contributed by atoms with Crippen molar-refractivity contribution >= 4 is 11.5 Å². The number of ether oxygens (including phenoxy) is 3. The summed E-state index contributed by atoms with van der Waals surface area (Å²) in [6, 6.07) is 4.87. The molecule has 6 nitrogen and oxygen atoms in total. The molecule has 1 heterocycles. The molecule has 1 aromatic rings. The van der Waals surface area contributed by atoms with Crippen molar-refractivity contribution in [2.75, 3.05) is 39.7 Å². The normalized spacial score (nSPS) is 19.0. The summed E-state index contributed by atoms with van der Waals surface area (Å²) in [6.07, 6.45) is 5.11. The maximum Gasteiger partial charge on any atom is 0.166 e. The van der Waals surface area contributed by atoms with Crippen molar-refractivity contribution in [1.29, 1.82) is 0 Å². The standard InChI is InChI=1S/C21H26FNO5/c22-7-8-26-9-10-27-11-12-28-21-6-5-15(13-20(21)25)18-14-19(24)16-3-1-2-4-17(16)23-18/h3,5-6,13,18,25H,1-2,4,7-12,14H2. The van der Waals surface area contributed by atoms with Crippen LogP contribution in [-0.2, 0) is 14.3 Å². The number of halogens is 1. The molecule has 7 heteroatoms. The number of phenols is 1. The molecule has 152 valence electrons. The fourth-order valence-corrected chi connectivity index (χ4v) is 3.34. The molecule has 1 N–H and O–H groups in total. The summed E-state index contributed by atoms with van der Waals surface area (Å²) < 4.78 is 27.6. The van der Waals surface area contributed by atoms with Gasteiger partial charge in [0.05, 0.1) is 32.5 Å². The van der Waals surface area contributed by atoms with Crippen LogP contribution >= 0.6 is 0 Å². The Labute approximate surface area is 164 Å². The molecule has 1 aliphatic carbocycles. The van der Waals surface area contributed by atoms with E-state index in [1.54, 1.807) is 12.1 Å². The fraction of sp³-hybridized carbons (Fsp3) is 0.524. The summed E-state index contributed by atoms with van der Waals surface area (Å²) in [7, 11) is 0. The van der Waals surface area contributed by atoms with Crippen LogP contribution in [0.25, 0.3) is 0 Å². The Hall–Kier alpha value is -2.25. The number of Topliss-reactive ketones (excluding diaryl/α,β-unsaturated/α-hetero) is 1. The van der Waals surface area contributed by atoms with E-state index in [9.17, 15) is 14.3 Å². The zero-order chi connectivity index (χ0) is 19.8. The number of hydrogen-bond donors (Lipinski definition) is 1. The van der Waals surface area contributed by atoms with Gasteiger partial charge in [0.25, 0.3) is 0 Å². The Kier molecular flexibility index (Phi) is 7.56. The zero-order valence-electron chi connectivity index (χ0n) is 15.9. The minimum absolute atomic E-state index is 0.0152. The quantitative estimate of drug-likeness (QED) is 0.619. The van der Waals surface area contributed by atoms with Crippen LogP contribution in [0.5, 0.6) is 11.5 Å². The van der Waals surface area contributed by atoms with Gasteiger partial charge in [0, 0.05) is 17.7 Å². The van der Waals surface area contributed by atoms with Crippen molar-refractivity contribution < 1.29 is 28.5 Å². The molecule has 0 radical (unpaired) electrons. The second-order valence-corrected chi connectivity index (χ2v) is 6.72. The molecule has 1 atom stereocenters. The van der Waals surface area contributed by atoms with E-state index in [1.165, 1.54) is 0 Å². The molecule has 1 aromatic carbocycles. The molecular formula is C21H26FNO5.